The van der Waals surface area contributed by atoms with Crippen molar-refractivity contribution in [3.05, 3.63) is 35.6 Å². The van der Waals surface area contributed by atoms with E-state index in [0.717, 1.165) is 0 Å². The molecule has 1 spiro atoms. The zero-order valence-corrected chi connectivity index (χ0v) is 12.1. The summed E-state index contributed by atoms with van der Waals surface area (Å²) in [6.45, 7) is 3.87. The lowest BCUT2D eigenvalue weighted by Crippen LogP contribution is -2.38. The van der Waals surface area contributed by atoms with E-state index in [1.54, 1.807) is 18.2 Å². The number of alkyl halides is 2. The lowest BCUT2D eigenvalue weighted by Gasteiger charge is -2.26. The number of carbonyl (C=O) groups excluding carboxylic acids is 1. The Morgan fingerprint density at radius 3 is 2.52 bits per heavy atom. The Balaban J connectivity index is 1.61. The molecule has 2 nitrogen and oxygen atoms in total. The summed E-state index contributed by atoms with van der Waals surface area (Å²) < 4.78 is 40.1. The minimum absolute atomic E-state index is 0.172. The third kappa shape index (κ3) is 2.23. The van der Waals surface area contributed by atoms with Gasteiger partial charge in [0.25, 0.3) is 5.92 Å². The van der Waals surface area contributed by atoms with Crippen LogP contribution in [0.15, 0.2) is 24.3 Å². The fourth-order valence-corrected chi connectivity index (χ4v) is 3.14. The smallest absolute Gasteiger partial charge is 0.255 e. The van der Waals surface area contributed by atoms with Gasteiger partial charge in [0.2, 0.25) is 5.91 Å². The number of nitrogens with one attached hydrogen (secondary N) is 1. The molecule has 5 heteroatoms. The molecule has 0 aliphatic heterocycles. The van der Waals surface area contributed by atoms with Crippen molar-refractivity contribution >= 4 is 5.91 Å². The molecule has 1 aromatic carbocycles. The fourth-order valence-electron chi connectivity index (χ4n) is 3.14. The van der Waals surface area contributed by atoms with Gasteiger partial charge in [0, 0.05) is 18.4 Å². The predicted octanol–water partition coefficient (Wildman–Crippen LogP) is 3.26. The van der Waals surface area contributed by atoms with Crippen LogP contribution in [0.2, 0.25) is 0 Å². The van der Waals surface area contributed by atoms with Gasteiger partial charge in [-0.3, -0.25) is 4.79 Å². The number of rotatable bonds is 4. The molecule has 0 heterocycles. The van der Waals surface area contributed by atoms with Crippen molar-refractivity contribution in [1.29, 1.82) is 0 Å². The first-order valence-corrected chi connectivity index (χ1v) is 7.10. The van der Waals surface area contributed by atoms with Crippen LogP contribution in [0.25, 0.3) is 0 Å². The van der Waals surface area contributed by atoms with Crippen LogP contribution in [0.5, 0.6) is 0 Å². The van der Waals surface area contributed by atoms with E-state index in [2.05, 4.69) is 5.32 Å². The van der Waals surface area contributed by atoms with Crippen molar-refractivity contribution in [2.75, 3.05) is 6.54 Å². The highest BCUT2D eigenvalue weighted by Gasteiger charge is 2.85. The van der Waals surface area contributed by atoms with E-state index >= 15 is 0 Å². The standard InChI is InChI=1S/C16H18F3NO/c1-14(2,10-5-3-4-6-12(10)17)9-20-13(21)11-7-15(11)8-16(15,18)19/h3-6,11H,7-9H2,1-2H3,(H,20,21). The quantitative estimate of drug-likeness (QED) is 0.908. The molecule has 1 aromatic rings. The van der Waals surface area contributed by atoms with E-state index < -0.39 is 22.7 Å². The largest absolute Gasteiger partial charge is 0.355 e. The lowest BCUT2D eigenvalue weighted by atomic mass is 9.84. The SMILES string of the molecule is CC(C)(CNC(=O)C1CC12CC2(F)F)c1ccccc1F. The highest BCUT2D eigenvalue weighted by Crippen LogP contribution is 2.79. The zero-order chi connectivity index (χ0) is 15.5. The molecule has 0 aromatic heterocycles. The van der Waals surface area contributed by atoms with Crippen molar-refractivity contribution in [1.82, 2.24) is 5.32 Å². The van der Waals surface area contributed by atoms with Gasteiger partial charge in [-0.1, -0.05) is 32.0 Å². The molecule has 2 unspecified atom stereocenters. The van der Waals surface area contributed by atoms with E-state index in [-0.39, 0.29) is 31.1 Å². The highest BCUT2D eigenvalue weighted by atomic mass is 19.3. The van der Waals surface area contributed by atoms with Gasteiger partial charge >= 0.3 is 0 Å². The molecule has 2 saturated carbocycles. The Morgan fingerprint density at radius 1 is 1.38 bits per heavy atom. The molecule has 0 saturated heterocycles. The Bertz CT molecular complexity index is 599. The number of hydrogen-bond donors (Lipinski definition) is 1. The second-order valence-corrected chi connectivity index (χ2v) is 6.88. The van der Waals surface area contributed by atoms with E-state index in [9.17, 15) is 18.0 Å². The number of benzene rings is 1. The average molecular weight is 297 g/mol. The Hall–Kier alpha value is -1.52. The van der Waals surface area contributed by atoms with Gasteiger partial charge in [0.05, 0.1) is 11.3 Å². The third-order valence-electron chi connectivity index (χ3n) is 4.84. The number of hydrogen-bond acceptors (Lipinski definition) is 1. The van der Waals surface area contributed by atoms with Crippen LogP contribution in [0, 0.1) is 17.2 Å². The molecule has 2 aliphatic carbocycles. The van der Waals surface area contributed by atoms with Gasteiger partial charge in [-0.2, -0.15) is 0 Å². The Morgan fingerprint density at radius 2 is 2.00 bits per heavy atom. The molecule has 2 fully saturated rings. The van der Waals surface area contributed by atoms with Crippen molar-refractivity contribution in [3.63, 3.8) is 0 Å². The van der Waals surface area contributed by atoms with E-state index in [4.69, 9.17) is 0 Å². The second kappa shape index (κ2) is 4.24. The topological polar surface area (TPSA) is 29.1 Å². The van der Waals surface area contributed by atoms with Crippen LogP contribution in [-0.2, 0) is 10.2 Å². The molecule has 1 amide bonds. The maximum atomic E-state index is 13.8. The van der Waals surface area contributed by atoms with Gasteiger partial charge in [0.15, 0.2) is 0 Å². The molecular formula is C16H18F3NO. The molecular weight excluding hydrogens is 279 g/mol. The van der Waals surface area contributed by atoms with Crippen molar-refractivity contribution < 1.29 is 18.0 Å². The first kappa shape index (κ1) is 14.4. The molecule has 2 aliphatic rings. The van der Waals surface area contributed by atoms with Crippen LogP contribution >= 0.6 is 0 Å². The maximum Gasteiger partial charge on any atom is 0.255 e. The summed E-state index contributed by atoms with van der Waals surface area (Å²) >= 11 is 0. The summed E-state index contributed by atoms with van der Waals surface area (Å²) in [5.74, 6) is -3.91. The van der Waals surface area contributed by atoms with Crippen LogP contribution in [0.4, 0.5) is 13.2 Å². The van der Waals surface area contributed by atoms with Gasteiger partial charge < -0.3 is 5.32 Å². The predicted molar refractivity (Wildman–Crippen MR) is 72.5 cm³/mol. The molecule has 1 N–H and O–H groups in total. The van der Waals surface area contributed by atoms with Crippen LogP contribution in [0.3, 0.4) is 0 Å². The van der Waals surface area contributed by atoms with Crippen LogP contribution < -0.4 is 5.32 Å². The average Bonchev–Trinajstić information content (AvgIpc) is 3.24. The van der Waals surface area contributed by atoms with Gasteiger partial charge in [-0.15, -0.1) is 0 Å². The normalized spacial score (nSPS) is 29.3. The summed E-state index contributed by atoms with van der Waals surface area (Å²) in [6.07, 6.45) is 0.0980. The van der Waals surface area contributed by atoms with E-state index in [0.29, 0.717) is 5.56 Å². The van der Waals surface area contributed by atoms with Gasteiger partial charge in [-0.05, 0) is 18.1 Å². The second-order valence-electron chi connectivity index (χ2n) is 6.88. The van der Waals surface area contributed by atoms with Crippen molar-refractivity contribution in [2.45, 2.75) is 38.0 Å². The monoisotopic (exact) mass is 297 g/mol. The van der Waals surface area contributed by atoms with Crippen molar-refractivity contribution in [2.24, 2.45) is 11.3 Å². The van der Waals surface area contributed by atoms with Crippen LogP contribution in [0.1, 0.15) is 32.3 Å². The molecule has 114 valence electrons. The van der Waals surface area contributed by atoms with Gasteiger partial charge in [0.1, 0.15) is 5.82 Å². The summed E-state index contributed by atoms with van der Waals surface area (Å²) in [7, 11) is 0. The van der Waals surface area contributed by atoms with Crippen molar-refractivity contribution in [3.8, 4) is 0 Å². The molecule has 2 atom stereocenters. The molecule has 0 radical (unpaired) electrons. The fraction of sp³-hybridized carbons (Fsp3) is 0.562. The molecule has 3 rings (SSSR count). The number of halogens is 3. The van der Waals surface area contributed by atoms with Gasteiger partial charge in [-0.25, -0.2) is 13.2 Å². The number of carbonyl (C=O) groups is 1. The zero-order valence-electron chi connectivity index (χ0n) is 12.1. The minimum Gasteiger partial charge on any atom is -0.355 e. The lowest BCUT2D eigenvalue weighted by molar-refractivity contribution is -0.123. The summed E-state index contributed by atoms with van der Waals surface area (Å²) in [5.41, 5.74) is -1.14. The summed E-state index contributed by atoms with van der Waals surface area (Å²) in [5, 5.41) is 2.71. The van der Waals surface area contributed by atoms with E-state index in [1.165, 1.54) is 6.07 Å². The highest BCUT2D eigenvalue weighted by molar-refractivity contribution is 5.84. The van der Waals surface area contributed by atoms with Crippen LogP contribution in [-0.4, -0.2) is 18.4 Å². The minimum atomic E-state index is -2.67. The summed E-state index contributed by atoms with van der Waals surface area (Å²) in [6, 6.07) is 6.40. The maximum absolute atomic E-state index is 13.8. The molecule has 21 heavy (non-hydrogen) atoms. The Labute approximate surface area is 121 Å². The van der Waals surface area contributed by atoms with E-state index in [1.807, 2.05) is 13.8 Å². The number of amides is 1. The third-order valence-corrected chi connectivity index (χ3v) is 4.84. The Kier molecular flexibility index (Phi) is 2.91. The first-order valence-electron chi connectivity index (χ1n) is 7.10. The molecule has 0 bridgehead atoms. The summed E-state index contributed by atoms with van der Waals surface area (Å²) in [4.78, 5) is 12.0. The first-order chi connectivity index (χ1) is 9.70.